The third kappa shape index (κ3) is 4.64. The highest BCUT2D eigenvalue weighted by Crippen LogP contribution is 2.34. The zero-order valence-corrected chi connectivity index (χ0v) is 20.6. The number of esters is 1. The Morgan fingerprint density at radius 3 is 2.76 bits per heavy atom. The number of halogens is 1. The van der Waals surface area contributed by atoms with Gasteiger partial charge in [0, 0.05) is 38.1 Å². The van der Waals surface area contributed by atoms with E-state index in [0.717, 1.165) is 0 Å². The van der Waals surface area contributed by atoms with E-state index in [1.807, 2.05) is 19.2 Å². The molecular weight excluding hydrogens is 478 g/mol. The number of nitrogens with zero attached hydrogens (tertiary/aromatic N) is 5. The highest BCUT2D eigenvalue weighted by molar-refractivity contribution is 7.17. The average molecular weight is 502 g/mol. The number of nitrogens with one attached hydrogen (secondary N) is 2. The molecule has 0 spiro atoms. The van der Waals surface area contributed by atoms with Crippen LogP contribution in [0.2, 0.25) is 5.02 Å². The molecule has 1 amide bonds. The highest BCUT2D eigenvalue weighted by atomic mass is 35.5. The fourth-order valence-electron chi connectivity index (χ4n) is 3.84. The number of aromatic nitrogens is 4. The summed E-state index contributed by atoms with van der Waals surface area (Å²) >= 11 is 7.39. The first-order valence-corrected chi connectivity index (χ1v) is 12.0. The molecule has 34 heavy (non-hydrogen) atoms. The molecule has 1 saturated heterocycles. The molecule has 3 aromatic rings. The number of aryl methyl sites for hydroxylation is 2. The lowest BCUT2D eigenvalue weighted by atomic mass is 10.1. The van der Waals surface area contributed by atoms with Gasteiger partial charge < -0.3 is 19.9 Å². The molecule has 0 radical (unpaired) electrons. The minimum Gasteiger partial charge on any atom is -0.462 e. The van der Waals surface area contributed by atoms with Crippen molar-refractivity contribution in [1.82, 2.24) is 25.1 Å². The Balaban J connectivity index is 1.46. The Hall–Kier alpha value is -3.36. The lowest BCUT2D eigenvalue weighted by Gasteiger charge is -2.32. The van der Waals surface area contributed by atoms with Gasteiger partial charge in [-0.15, -0.1) is 0 Å². The summed E-state index contributed by atoms with van der Waals surface area (Å²) in [6, 6.07) is 3.74. The highest BCUT2D eigenvalue weighted by Gasteiger charge is 2.28. The summed E-state index contributed by atoms with van der Waals surface area (Å²) < 4.78 is 6.89. The number of piperidine rings is 1. The van der Waals surface area contributed by atoms with Gasteiger partial charge >= 0.3 is 5.97 Å². The van der Waals surface area contributed by atoms with E-state index in [0.29, 0.717) is 53.0 Å². The molecule has 0 unspecified atom stereocenters. The number of nitriles is 1. The van der Waals surface area contributed by atoms with Crippen LogP contribution >= 0.6 is 22.9 Å². The van der Waals surface area contributed by atoms with Gasteiger partial charge in [-0.3, -0.25) is 9.48 Å². The van der Waals surface area contributed by atoms with Crippen molar-refractivity contribution in [3.8, 4) is 17.5 Å². The van der Waals surface area contributed by atoms with Gasteiger partial charge in [0.25, 0.3) is 5.91 Å². The number of carbonyl (C=O) groups is 2. The molecule has 0 aliphatic carbocycles. The van der Waals surface area contributed by atoms with Crippen LogP contribution in [0.1, 0.15) is 51.2 Å². The van der Waals surface area contributed by atoms with Gasteiger partial charge in [0.2, 0.25) is 0 Å². The maximum absolute atomic E-state index is 12.7. The number of H-pyrrole nitrogens is 1. The second-order valence-electron chi connectivity index (χ2n) is 7.93. The summed E-state index contributed by atoms with van der Waals surface area (Å²) in [6.07, 6.45) is 3.18. The van der Waals surface area contributed by atoms with E-state index in [9.17, 15) is 14.9 Å². The van der Waals surface area contributed by atoms with Crippen LogP contribution in [0.4, 0.5) is 5.13 Å². The van der Waals surface area contributed by atoms with Gasteiger partial charge in [-0.05, 0) is 32.8 Å². The Bertz CT molecular complexity index is 1260. The molecule has 0 aromatic carbocycles. The van der Waals surface area contributed by atoms with Crippen LogP contribution in [0.25, 0.3) is 11.4 Å². The summed E-state index contributed by atoms with van der Waals surface area (Å²) in [7, 11) is 1.81. The number of ether oxygens (including phenoxy) is 1. The smallest absolute Gasteiger partial charge is 0.350 e. The molecule has 0 atom stereocenters. The molecule has 1 fully saturated rings. The van der Waals surface area contributed by atoms with Gasteiger partial charge in [0.05, 0.1) is 11.6 Å². The van der Waals surface area contributed by atoms with Crippen LogP contribution in [-0.2, 0) is 11.8 Å². The number of hydrogen-bond donors (Lipinski definition) is 2. The number of hydrogen-bond acceptors (Lipinski definition) is 8. The lowest BCUT2D eigenvalue weighted by molar-refractivity contribution is 0.0532. The van der Waals surface area contributed by atoms with E-state index < -0.39 is 5.97 Å². The molecule has 4 heterocycles. The van der Waals surface area contributed by atoms with Crippen LogP contribution < -0.4 is 10.2 Å². The molecule has 12 heteroatoms. The maximum atomic E-state index is 12.7. The van der Waals surface area contributed by atoms with Crippen LogP contribution in [0.15, 0.2) is 12.3 Å². The van der Waals surface area contributed by atoms with E-state index in [4.69, 9.17) is 21.3 Å². The fourth-order valence-corrected chi connectivity index (χ4v) is 5.05. The largest absolute Gasteiger partial charge is 0.462 e. The van der Waals surface area contributed by atoms with Crippen molar-refractivity contribution in [2.75, 3.05) is 24.6 Å². The second kappa shape index (κ2) is 9.87. The number of rotatable bonds is 6. The predicted octanol–water partition coefficient (Wildman–Crippen LogP) is 3.28. The average Bonchev–Trinajstić information content (AvgIpc) is 3.52. The fraction of sp³-hybridized carbons (Fsp3) is 0.409. The molecule has 1 aliphatic rings. The monoisotopic (exact) mass is 501 g/mol. The number of aromatic amines is 1. The molecule has 2 N–H and O–H groups in total. The van der Waals surface area contributed by atoms with E-state index in [2.05, 4.69) is 20.3 Å². The molecular formula is C22H24ClN7O3S. The molecule has 10 nitrogen and oxygen atoms in total. The molecule has 0 saturated carbocycles. The van der Waals surface area contributed by atoms with Crippen molar-refractivity contribution in [2.45, 2.75) is 32.7 Å². The molecule has 178 valence electrons. The number of anilines is 1. The quantitative estimate of drug-likeness (QED) is 0.496. The number of amides is 1. The van der Waals surface area contributed by atoms with Crippen molar-refractivity contribution in [2.24, 2.45) is 7.05 Å². The van der Waals surface area contributed by atoms with Crippen LogP contribution in [0, 0.1) is 18.3 Å². The summed E-state index contributed by atoms with van der Waals surface area (Å²) in [4.78, 5) is 35.4. The van der Waals surface area contributed by atoms with E-state index >= 15 is 0 Å². The van der Waals surface area contributed by atoms with Gasteiger partial charge in [-0.1, -0.05) is 22.9 Å². The zero-order chi connectivity index (χ0) is 24.4. The van der Waals surface area contributed by atoms with Gasteiger partial charge in [0.15, 0.2) is 5.13 Å². The van der Waals surface area contributed by atoms with Crippen molar-refractivity contribution in [3.05, 3.63) is 39.1 Å². The maximum Gasteiger partial charge on any atom is 0.350 e. The van der Waals surface area contributed by atoms with Crippen molar-refractivity contribution in [1.29, 1.82) is 5.26 Å². The zero-order valence-electron chi connectivity index (χ0n) is 19.0. The molecule has 1 aliphatic heterocycles. The number of carbonyl (C=O) groups excluding carboxylic acids is 2. The number of thiazole rings is 1. The normalized spacial score (nSPS) is 14.1. The first kappa shape index (κ1) is 23.8. The van der Waals surface area contributed by atoms with E-state index in [1.54, 1.807) is 24.7 Å². The van der Waals surface area contributed by atoms with Gasteiger partial charge in [0.1, 0.15) is 33.6 Å². The minimum atomic E-state index is -0.415. The van der Waals surface area contributed by atoms with E-state index in [-0.39, 0.29) is 34.8 Å². The van der Waals surface area contributed by atoms with Gasteiger partial charge in [-0.2, -0.15) is 10.4 Å². The van der Waals surface area contributed by atoms with Crippen LogP contribution in [0.5, 0.6) is 0 Å². The third-order valence-corrected chi connectivity index (χ3v) is 7.15. The lowest BCUT2D eigenvalue weighted by Crippen LogP contribution is -2.45. The molecule has 0 bridgehead atoms. The minimum absolute atomic E-state index is 0.0579. The van der Waals surface area contributed by atoms with E-state index in [1.165, 1.54) is 11.3 Å². The topological polar surface area (TPSA) is 129 Å². The van der Waals surface area contributed by atoms with Crippen molar-refractivity contribution >= 4 is 39.9 Å². The van der Waals surface area contributed by atoms with Crippen molar-refractivity contribution in [3.63, 3.8) is 0 Å². The standard InChI is InChI=1S/C22H24ClN7O3S/c1-4-33-21(32)19-18(15-7-8-29(3)28-15)27-22(34-19)30-9-5-13(6-10-30)26-20(31)17-14(11-24)16(23)12(2)25-17/h7-8,13,25H,4-6,9-10H2,1-3H3,(H,26,31). The Labute approximate surface area is 205 Å². The first-order chi connectivity index (χ1) is 16.3. The SMILES string of the molecule is CCOC(=O)c1sc(N2CCC(NC(=O)c3[nH]c(C)c(Cl)c3C#N)CC2)nc1-c1ccn(C)n1. The summed E-state index contributed by atoms with van der Waals surface area (Å²) in [6.45, 7) is 5.06. The predicted molar refractivity (Wildman–Crippen MR) is 128 cm³/mol. The summed E-state index contributed by atoms with van der Waals surface area (Å²) in [5.41, 5.74) is 2.06. The van der Waals surface area contributed by atoms with Gasteiger partial charge in [-0.25, -0.2) is 9.78 Å². The van der Waals surface area contributed by atoms with Crippen molar-refractivity contribution < 1.29 is 14.3 Å². The second-order valence-corrected chi connectivity index (χ2v) is 9.29. The molecule has 3 aromatic heterocycles. The van der Waals surface area contributed by atoms with Crippen LogP contribution in [-0.4, -0.2) is 57.4 Å². The molecule has 4 rings (SSSR count). The van der Waals surface area contributed by atoms with Crippen LogP contribution in [0.3, 0.4) is 0 Å². The summed E-state index contributed by atoms with van der Waals surface area (Å²) in [5, 5.41) is 17.7. The Morgan fingerprint density at radius 2 is 2.15 bits per heavy atom. The first-order valence-electron chi connectivity index (χ1n) is 10.8. The Kier molecular flexibility index (Phi) is 6.90. The third-order valence-electron chi connectivity index (χ3n) is 5.58. The summed E-state index contributed by atoms with van der Waals surface area (Å²) in [5.74, 6) is -0.761. The Morgan fingerprint density at radius 1 is 1.41 bits per heavy atom.